The number of benzene rings is 2. The molecule has 0 saturated carbocycles. The summed E-state index contributed by atoms with van der Waals surface area (Å²) >= 11 is 0. The normalized spacial score (nSPS) is 13.4. The van der Waals surface area contributed by atoms with Gasteiger partial charge >= 0.3 is 0 Å². The van der Waals surface area contributed by atoms with Crippen molar-refractivity contribution >= 4 is 5.69 Å². The van der Waals surface area contributed by atoms with Gasteiger partial charge in [0.25, 0.3) is 0 Å². The minimum Gasteiger partial charge on any atom is -0.677 e. The monoisotopic (exact) mass is 442 g/mol. The first-order valence-corrected chi connectivity index (χ1v) is 9.74. The van der Waals surface area contributed by atoms with Gasteiger partial charge in [0.1, 0.15) is 0 Å². The average Bonchev–Trinajstić information content (AvgIpc) is 2.70. The minimum atomic E-state index is 0. The minimum absolute atomic E-state index is 0. The standard InChI is InChI=1S/C12H17N2.C9H12N.C2H6.Y/c1-11-4-3-5-12(10-11)14-8-6-13(2)7-9-14;10-8-4-7-9-5-2-1-3-6-9;1-2;/h3-5,10H,2,6-9H2,1H3;1-3,5-6,10H,4,7-8H2;1-2H3;/q2*-1;;. The summed E-state index contributed by atoms with van der Waals surface area (Å²) in [5.74, 6) is 0. The van der Waals surface area contributed by atoms with Crippen LogP contribution >= 0.6 is 0 Å². The fourth-order valence-corrected chi connectivity index (χ4v) is 2.77. The molecule has 147 valence electrons. The van der Waals surface area contributed by atoms with Gasteiger partial charge < -0.3 is 15.5 Å². The predicted molar refractivity (Wildman–Crippen MR) is 116 cm³/mol. The number of nitrogens with one attached hydrogen (secondary N) is 1. The SMILES string of the molecule is CC.[CH2-]N1CCN(c2cccc(C)c2)CC1.[NH-]CCCc1ccccc1.[Y]. The Morgan fingerprint density at radius 3 is 2.11 bits per heavy atom. The van der Waals surface area contributed by atoms with Gasteiger partial charge in [0, 0.05) is 51.5 Å². The number of rotatable bonds is 4. The van der Waals surface area contributed by atoms with Crippen molar-refractivity contribution in [3.63, 3.8) is 0 Å². The van der Waals surface area contributed by atoms with Crippen LogP contribution in [-0.4, -0.2) is 37.6 Å². The number of piperazine rings is 1. The van der Waals surface area contributed by atoms with Crippen molar-refractivity contribution in [2.45, 2.75) is 33.6 Å². The third-order valence-electron chi connectivity index (χ3n) is 4.22. The Morgan fingerprint density at radius 1 is 0.926 bits per heavy atom. The first kappa shape index (κ1) is 26.3. The Balaban J connectivity index is 0.000000463. The Kier molecular flexibility index (Phi) is 15.8. The van der Waals surface area contributed by atoms with E-state index in [1.54, 1.807) is 0 Å². The zero-order chi connectivity index (χ0) is 19.2. The predicted octanol–water partition coefficient (Wildman–Crippen LogP) is 5.60. The van der Waals surface area contributed by atoms with Crippen LogP contribution in [0.15, 0.2) is 54.6 Å². The summed E-state index contributed by atoms with van der Waals surface area (Å²) in [7, 11) is 3.95. The second kappa shape index (κ2) is 16.2. The second-order valence-electron chi connectivity index (χ2n) is 6.28. The summed E-state index contributed by atoms with van der Waals surface area (Å²) in [4.78, 5) is 4.56. The molecule has 4 heteroatoms. The van der Waals surface area contributed by atoms with Gasteiger partial charge in [-0.1, -0.05) is 62.7 Å². The van der Waals surface area contributed by atoms with E-state index < -0.39 is 0 Å². The van der Waals surface area contributed by atoms with E-state index in [-0.39, 0.29) is 32.7 Å². The van der Waals surface area contributed by atoms with Gasteiger partial charge in [0.15, 0.2) is 0 Å². The van der Waals surface area contributed by atoms with Crippen LogP contribution in [0.25, 0.3) is 5.73 Å². The Bertz CT molecular complexity index is 581. The van der Waals surface area contributed by atoms with Crippen LogP contribution in [0.5, 0.6) is 0 Å². The number of hydrogen-bond donors (Lipinski definition) is 0. The van der Waals surface area contributed by atoms with E-state index in [2.05, 4.69) is 60.2 Å². The van der Waals surface area contributed by atoms with Crippen LogP contribution in [0, 0.1) is 14.0 Å². The molecule has 0 aromatic heterocycles. The van der Waals surface area contributed by atoms with E-state index in [1.807, 2.05) is 32.0 Å². The molecule has 3 rings (SSSR count). The van der Waals surface area contributed by atoms with Crippen molar-refractivity contribution in [1.29, 1.82) is 0 Å². The van der Waals surface area contributed by atoms with E-state index in [0.717, 1.165) is 39.0 Å². The fourth-order valence-electron chi connectivity index (χ4n) is 2.77. The Hall–Kier alpha value is -0.736. The molecule has 1 saturated heterocycles. The molecule has 1 N–H and O–H groups in total. The zero-order valence-electron chi connectivity index (χ0n) is 17.3. The van der Waals surface area contributed by atoms with E-state index in [4.69, 9.17) is 5.73 Å². The number of nitrogens with zero attached hydrogens (tertiary/aromatic N) is 2. The van der Waals surface area contributed by atoms with Crippen LogP contribution in [0.4, 0.5) is 5.69 Å². The molecule has 0 unspecified atom stereocenters. The topological polar surface area (TPSA) is 30.3 Å². The van der Waals surface area contributed by atoms with E-state index >= 15 is 0 Å². The molecule has 1 aliphatic rings. The first-order valence-electron chi connectivity index (χ1n) is 9.74. The van der Waals surface area contributed by atoms with Crippen molar-refractivity contribution in [3.8, 4) is 0 Å². The summed E-state index contributed by atoms with van der Waals surface area (Å²) in [6, 6.07) is 19.0. The van der Waals surface area contributed by atoms with Gasteiger partial charge in [0.05, 0.1) is 0 Å². The van der Waals surface area contributed by atoms with E-state index in [1.165, 1.54) is 16.8 Å². The van der Waals surface area contributed by atoms with Crippen molar-refractivity contribution in [2.75, 3.05) is 37.6 Å². The average molecular weight is 442 g/mol. The first-order chi connectivity index (χ1) is 12.7. The summed E-state index contributed by atoms with van der Waals surface area (Å²) in [6.45, 7) is 11.0. The van der Waals surface area contributed by atoms with Crippen LogP contribution in [0.3, 0.4) is 0 Å². The maximum absolute atomic E-state index is 6.95. The van der Waals surface area contributed by atoms with Gasteiger partial charge in [-0.25, -0.2) is 0 Å². The second-order valence-corrected chi connectivity index (χ2v) is 6.28. The third kappa shape index (κ3) is 11.0. The quantitative estimate of drug-likeness (QED) is 0.577. The third-order valence-corrected chi connectivity index (χ3v) is 4.22. The molecule has 1 fully saturated rings. The zero-order valence-corrected chi connectivity index (χ0v) is 20.2. The van der Waals surface area contributed by atoms with Crippen LogP contribution in [0.1, 0.15) is 31.4 Å². The molecule has 0 amide bonds. The molecule has 27 heavy (non-hydrogen) atoms. The molecule has 1 aliphatic heterocycles. The Morgan fingerprint density at radius 2 is 1.56 bits per heavy atom. The van der Waals surface area contributed by atoms with Crippen molar-refractivity contribution in [3.05, 3.63) is 78.5 Å². The number of hydrogen-bond acceptors (Lipinski definition) is 2. The molecule has 3 nitrogen and oxygen atoms in total. The van der Waals surface area contributed by atoms with Crippen LogP contribution in [0.2, 0.25) is 0 Å². The fraction of sp³-hybridized carbons (Fsp3) is 0.435. The van der Waals surface area contributed by atoms with Crippen LogP contribution in [-0.2, 0) is 39.1 Å². The summed E-state index contributed by atoms with van der Waals surface area (Å²) < 4.78 is 0. The molecule has 2 aromatic rings. The largest absolute Gasteiger partial charge is 0.677 e. The van der Waals surface area contributed by atoms with E-state index in [9.17, 15) is 0 Å². The molecule has 0 aliphatic carbocycles. The summed E-state index contributed by atoms with van der Waals surface area (Å²) in [5.41, 5.74) is 11.0. The van der Waals surface area contributed by atoms with Gasteiger partial charge in [-0.15, -0.1) is 0 Å². The van der Waals surface area contributed by atoms with E-state index in [0.29, 0.717) is 6.54 Å². The van der Waals surface area contributed by atoms with Crippen molar-refractivity contribution in [2.24, 2.45) is 0 Å². The maximum Gasteiger partial charge on any atom is 0.0369 e. The molecule has 2 aromatic carbocycles. The molecular weight excluding hydrogens is 407 g/mol. The summed E-state index contributed by atoms with van der Waals surface area (Å²) in [6.07, 6.45) is 2.02. The molecule has 1 heterocycles. The van der Waals surface area contributed by atoms with Crippen LogP contribution < -0.4 is 4.90 Å². The number of aryl methyl sites for hydroxylation is 2. The van der Waals surface area contributed by atoms with Gasteiger partial charge in [-0.05, 0) is 49.7 Å². The van der Waals surface area contributed by atoms with Crippen molar-refractivity contribution < 1.29 is 32.7 Å². The van der Waals surface area contributed by atoms with Gasteiger partial charge in [0.2, 0.25) is 0 Å². The van der Waals surface area contributed by atoms with Gasteiger partial charge in [-0.2, -0.15) is 6.54 Å². The molecule has 1 radical (unpaired) electrons. The Labute approximate surface area is 192 Å². The van der Waals surface area contributed by atoms with Gasteiger partial charge in [-0.3, -0.25) is 7.05 Å². The molecule has 0 bridgehead atoms. The van der Waals surface area contributed by atoms with Crippen molar-refractivity contribution in [1.82, 2.24) is 4.90 Å². The summed E-state index contributed by atoms with van der Waals surface area (Å²) in [5, 5.41) is 0. The smallest absolute Gasteiger partial charge is 0.0369 e. The molecular formula is C23H35N3Y-2. The molecule has 0 spiro atoms. The molecule has 0 atom stereocenters. The number of anilines is 1. The maximum atomic E-state index is 6.95.